The van der Waals surface area contributed by atoms with E-state index in [1.165, 1.54) is 0 Å². The first kappa shape index (κ1) is 13.2. The van der Waals surface area contributed by atoms with Gasteiger partial charge < -0.3 is 10.1 Å². The van der Waals surface area contributed by atoms with E-state index in [2.05, 4.69) is 10.1 Å². The van der Waals surface area contributed by atoms with E-state index >= 15 is 0 Å². The number of nitrogens with zero attached hydrogens (tertiary/aromatic N) is 1. The van der Waals surface area contributed by atoms with Crippen LogP contribution in [0.4, 0.5) is 0 Å². The second-order valence-electron chi connectivity index (χ2n) is 4.10. The summed E-state index contributed by atoms with van der Waals surface area (Å²) in [5, 5.41) is 2.83. The molecule has 1 rings (SSSR count). The Kier molecular flexibility index (Phi) is 5.13. The summed E-state index contributed by atoms with van der Waals surface area (Å²) >= 11 is 0. The first-order chi connectivity index (χ1) is 8.13. The van der Waals surface area contributed by atoms with Crippen molar-refractivity contribution in [1.82, 2.24) is 5.32 Å². The van der Waals surface area contributed by atoms with Crippen molar-refractivity contribution in [2.75, 3.05) is 6.54 Å². The van der Waals surface area contributed by atoms with Crippen LogP contribution in [0.15, 0.2) is 24.5 Å². The lowest BCUT2D eigenvalue weighted by Gasteiger charge is -2.06. The number of aromatic nitrogens is 1. The molecule has 92 valence electrons. The van der Waals surface area contributed by atoms with Crippen molar-refractivity contribution in [3.63, 3.8) is 0 Å². The largest absolute Gasteiger partial charge is 0.407 e. The molecule has 0 fully saturated rings. The van der Waals surface area contributed by atoms with Crippen LogP contribution < -0.4 is 9.88 Å². The van der Waals surface area contributed by atoms with Crippen molar-refractivity contribution >= 4 is 12.4 Å². The molecule has 0 atom stereocenters. The molecule has 0 saturated heterocycles. The molecule has 5 nitrogen and oxygen atoms in total. The van der Waals surface area contributed by atoms with Gasteiger partial charge in [0.1, 0.15) is 0 Å². The Balaban J connectivity index is 2.54. The van der Waals surface area contributed by atoms with Gasteiger partial charge in [0.15, 0.2) is 12.4 Å². The highest BCUT2D eigenvalue weighted by Gasteiger charge is 2.08. The van der Waals surface area contributed by atoms with E-state index in [1.807, 2.05) is 13.8 Å². The molecule has 5 heteroatoms. The van der Waals surface area contributed by atoms with E-state index < -0.39 is 0 Å². The Bertz CT molecular complexity index is 374. The number of nitrogens with one attached hydrogen (secondary N) is 1. The average molecular weight is 237 g/mol. The monoisotopic (exact) mass is 237 g/mol. The lowest BCUT2D eigenvalue weighted by Crippen LogP contribution is -2.35. The maximum Gasteiger partial charge on any atom is 0.297 e. The van der Waals surface area contributed by atoms with Crippen LogP contribution >= 0.6 is 0 Å². The number of hydrogen-bond donors (Lipinski definition) is 1. The van der Waals surface area contributed by atoms with Gasteiger partial charge in [-0.25, -0.2) is 0 Å². The molecular weight excluding hydrogens is 220 g/mol. The van der Waals surface area contributed by atoms with Gasteiger partial charge in [0.05, 0.1) is 5.56 Å². The van der Waals surface area contributed by atoms with Gasteiger partial charge in [-0.1, -0.05) is 13.8 Å². The molecule has 0 saturated carbocycles. The minimum Gasteiger partial charge on any atom is -0.407 e. The molecule has 0 radical (unpaired) electrons. The molecule has 0 aromatic carbocycles. The summed E-state index contributed by atoms with van der Waals surface area (Å²) in [4.78, 5) is 21.7. The Hall–Kier alpha value is -1.91. The van der Waals surface area contributed by atoms with Crippen molar-refractivity contribution in [3.05, 3.63) is 30.1 Å². The molecule has 0 aliphatic carbocycles. The first-order valence-corrected chi connectivity index (χ1v) is 5.46. The molecule has 0 bridgehead atoms. The third-order valence-electron chi connectivity index (χ3n) is 2.12. The highest BCUT2D eigenvalue weighted by atomic mass is 16.5. The molecule has 1 N–H and O–H groups in total. The van der Waals surface area contributed by atoms with Crippen LogP contribution in [0.3, 0.4) is 0 Å². The van der Waals surface area contributed by atoms with Gasteiger partial charge in [-0.3, -0.25) is 9.59 Å². The smallest absolute Gasteiger partial charge is 0.297 e. The molecule has 0 spiro atoms. The summed E-state index contributed by atoms with van der Waals surface area (Å²) in [6, 6.07) is 3.37. The molecule has 1 aromatic rings. The van der Waals surface area contributed by atoms with Crippen molar-refractivity contribution in [2.45, 2.75) is 20.6 Å². The van der Waals surface area contributed by atoms with Gasteiger partial charge >= 0.3 is 0 Å². The Morgan fingerprint density at radius 2 is 2.12 bits per heavy atom. The predicted molar refractivity (Wildman–Crippen MR) is 61.0 cm³/mol. The number of carbonyl (C=O) groups is 2. The zero-order chi connectivity index (χ0) is 12.7. The van der Waals surface area contributed by atoms with Crippen LogP contribution in [0.5, 0.6) is 0 Å². The van der Waals surface area contributed by atoms with Gasteiger partial charge in [-0.2, -0.15) is 4.57 Å². The van der Waals surface area contributed by atoms with Crippen LogP contribution in [0, 0.1) is 5.92 Å². The Morgan fingerprint density at radius 3 is 2.65 bits per heavy atom. The quantitative estimate of drug-likeness (QED) is 0.578. The number of rotatable bonds is 6. The number of ether oxygens (including phenoxy) is 1. The fourth-order valence-corrected chi connectivity index (χ4v) is 1.21. The third-order valence-corrected chi connectivity index (χ3v) is 2.12. The summed E-state index contributed by atoms with van der Waals surface area (Å²) in [6.45, 7) is 5.27. The van der Waals surface area contributed by atoms with E-state index in [-0.39, 0.29) is 12.6 Å². The fourth-order valence-electron chi connectivity index (χ4n) is 1.21. The van der Waals surface area contributed by atoms with Gasteiger partial charge in [0, 0.05) is 18.7 Å². The van der Waals surface area contributed by atoms with Crippen LogP contribution in [-0.2, 0) is 16.3 Å². The number of hydrogen-bond acceptors (Lipinski definition) is 3. The first-order valence-electron chi connectivity index (χ1n) is 5.46. The van der Waals surface area contributed by atoms with Crippen molar-refractivity contribution in [2.24, 2.45) is 5.92 Å². The molecule has 0 aliphatic rings. The van der Waals surface area contributed by atoms with Crippen LogP contribution in [-0.4, -0.2) is 18.9 Å². The highest BCUT2D eigenvalue weighted by Crippen LogP contribution is 1.96. The molecule has 1 amide bonds. The molecule has 0 aliphatic heterocycles. The predicted octanol–water partition coefficient (Wildman–Crippen LogP) is 0.490. The zero-order valence-corrected chi connectivity index (χ0v) is 10.1. The van der Waals surface area contributed by atoms with E-state index in [9.17, 15) is 9.59 Å². The van der Waals surface area contributed by atoms with E-state index in [4.69, 9.17) is 0 Å². The Morgan fingerprint density at radius 1 is 1.47 bits per heavy atom. The van der Waals surface area contributed by atoms with Crippen molar-refractivity contribution < 1.29 is 18.9 Å². The molecule has 1 aromatic heterocycles. The van der Waals surface area contributed by atoms with Crippen LogP contribution in [0.1, 0.15) is 24.2 Å². The zero-order valence-electron chi connectivity index (χ0n) is 10.1. The normalized spacial score (nSPS) is 10.1. The van der Waals surface area contributed by atoms with Gasteiger partial charge in [-0.05, 0) is 5.92 Å². The van der Waals surface area contributed by atoms with E-state index in [1.54, 1.807) is 29.1 Å². The Labute approximate surface area is 100 Å². The van der Waals surface area contributed by atoms with Crippen LogP contribution in [0.2, 0.25) is 0 Å². The topological polar surface area (TPSA) is 59.3 Å². The third kappa shape index (κ3) is 4.63. The molecule has 17 heavy (non-hydrogen) atoms. The standard InChI is InChI=1S/C12H16N2O3/c1-10(2)7-13-12(16)11-3-5-14(6-4-11)8-17-9-15/h3-6,9-10H,7-8H2,1-2H3/p+1. The van der Waals surface area contributed by atoms with E-state index in [0.29, 0.717) is 24.5 Å². The fraction of sp³-hybridized carbons (Fsp3) is 0.417. The molecular formula is C12H17N2O3+. The summed E-state index contributed by atoms with van der Waals surface area (Å²) in [7, 11) is 0. The minimum absolute atomic E-state index is 0.0952. The summed E-state index contributed by atoms with van der Waals surface area (Å²) in [5.74, 6) is 0.329. The van der Waals surface area contributed by atoms with Gasteiger partial charge in [-0.15, -0.1) is 0 Å². The number of pyridine rings is 1. The number of carbonyl (C=O) groups excluding carboxylic acids is 2. The average Bonchev–Trinajstić information content (AvgIpc) is 2.34. The highest BCUT2D eigenvalue weighted by molar-refractivity contribution is 5.93. The van der Waals surface area contributed by atoms with Gasteiger partial charge in [0.25, 0.3) is 19.1 Å². The SMILES string of the molecule is CC(C)CNC(=O)c1cc[n+](COC=O)cc1. The minimum atomic E-state index is -0.0952. The molecule has 1 heterocycles. The maximum atomic E-state index is 11.7. The summed E-state index contributed by atoms with van der Waals surface area (Å²) in [6.07, 6.45) is 3.38. The van der Waals surface area contributed by atoms with Crippen LogP contribution in [0.25, 0.3) is 0 Å². The lowest BCUT2D eigenvalue weighted by atomic mass is 10.2. The summed E-state index contributed by atoms with van der Waals surface area (Å²) < 4.78 is 6.24. The van der Waals surface area contributed by atoms with E-state index in [0.717, 1.165) is 0 Å². The van der Waals surface area contributed by atoms with Crippen molar-refractivity contribution in [1.29, 1.82) is 0 Å². The number of amides is 1. The van der Waals surface area contributed by atoms with Gasteiger partial charge in [0.2, 0.25) is 0 Å². The second-order valence-corrected chi connectivity index (χ2v) is 4.10. The molecule has 0 unspecified atom stereocenters. The lowest BCUT2D eigenvalue weighted by molar-refractivity contribution is -0.727. The van der Waals surface area contributed by atoms with Crippen molar-refractivity contribution in [3.8, 4) is 0 Å². The second kappa shape index (κ2) is 6.62. The maximum absolute atomic E-state index is 11.7. The summed E-state index contributed by atoms with van der Waals surface area (Å²) in [5.41, 5.74) is 0.591.